The van der Waals surface area contributed by atoms with E-state index in [0.717, 1.165) is 15.6 Å². The zero-order chi connectivity index (χ0) is 12.1. The summed E-state index contributed by atoms with van der Waals surface area (Å²) in [6.45, 7) is 4.68. The van der Waals surface area contributed by atoms with Crippen molar-refractivity contribution in [1.29, 1.82) is 0 Å². The fourth-order valence-electron chi connectivity index (χ4n) is 1.28. The largest absolute Gasteiger partial charge is 0.395 e. The third-order valence-electron chi connectivity index (χ3n) is 2.18. The minimum absolute atomic E-state index is 0.0252. The second-order valence-corrected chi connectivity index (χ2v) is 4.83. The van der Waals surface area contributed by atoms with Gasteiger partial charge in [-0.2, -0.15) is 0 Å². The molecular weight excluding hydrogens is 226 g/mol. The van der Waals surface area contributed by atoms with E-state index >= 15 is 0 Å². The molecular formula is C10H17N3O2S. The second kappa shape index (κ2) is 5.81. The fourth-order valence-corrected chi connectivity index (χ4v) is 2.16. The minimum atomic E-state index is -0.181. The summed E-state index contributed by atoms with van der Waals surface area (Å²) in [6, 6.07) is -0.181. The lowest BCUT2D eigenvalue weighted by molar-refractivity contribution is 0.190. The molecule has 0 bridgehead atoms. The van der Waals surface area contributed by atoms with Gasteiger partial charge in [-0.25, -0.2) is 9.78 Å². The van der Waals surface area contributed by atoms with Crippen LogP contribution in [-0.4, -0.2) is 41.2 Å². The van der Waals surface area contributed by atoms with Crippen LogP contribution in [0.5, 0.6) is 0 Å². The van der Waals surface area contributed by atoms with Crippen molar-refractivity contribution in [2.45, 2.75) is 20.4 Å². The number of nitrogens with zero attached hydrogens (tertiary/aromatic N) is 2. The number of hydrogen-bond acceptors (Lipinski definition) is 4. The van der Waals surface area contributed by atoms with Gasteiger partial charge in [-0.1, -0.05) is 0 Å². The van der Waals surface area contributed by atoms with Crippen molar-refractivity contribution in [3.05, 3.63) is 15.6 Å². The Labute approximate surface area is 99.1 Å². The number of hydrogen-bond donors (Lipinski definition) is 2. The Balaban J connectivity index is 2.45. The van der Waals surface area contributed by atoms with Crippen LogP contribution in [-0.2, 0) is 6.54 Å². The maximum atomic E-state index is 11.5. The van der Waals surface area contributed by atoms with Crippen LogP contribution in [0, 0.1) is 13.8 Å². The van der Waals surface area contributed by atoms with Gasteiger partial charge in [-0.15, -0.1) is 11.3 Å². The maximum Gasteiger partial charge on any atom is 0.317 e. The van der Waals surface area contributed by atoms with E-state index in [9.17, 15) is 4.79 Å². The highest BCUT2D eigenvalue weighted by molar-refractivity contribution is 7.11. The highest BCUT2D eigenvalue weighted by Gasteiger charge is 2.09. The molecule has 0 saturated carbocycles. The van der Waals surface area contributed by atoms with Crippen LogP contribution >= 0.6 is 11.3 Å². The zero-order valence-corrected chi connectivity index (χ0v) is 10.6. The number of nitrogens with one attached hydrogen (secondary N) is 1. The molecule has 0 unspecified atom stereocenters. The van der Waals surface area contributed by atoms with Crippen LogP contribution in [0.15, 0.2) is 0 Å². The number of rotatable bonds is 4. The van der Waals surface area contributed by atoms with E-state index in [-0.39, 0.29) is 12.6 Å². The van der Waals surface area contributed by atoms with Crippen LogP contribution in [0.25, 0.3) is 0 Å². The van der Waals surface area contributed by atoms with Crippen molar-refractivity contribution >= 4 is 17.4 Å². The summed E-state index contributed by atoms with van der Waals surface area (Å²) in [5.41, 5.74) is 0.965. The average molecular weight is 243 g/mol. The van der Waals surface area contributed by atoms with Crippen LogP contribution in [0.3, 0.4) is 0 Å². The Kier molecular flexibility index (Phi) is 4.70. The van der Waals surface area contributed by atoms with Gasteiger partial charge in [0, 0.05) is 18.5 Å². The molecule has 6 heteroatoms. The topological polar surface area (TPSA) is 65.5 Å². The van der Waals surface area contributed by atoms with Crippen LogP contribution in [0.4, 0.5) is 4.79 Å². The van der Waals surface area contributed by atoms with E-state index in [4.69, 9.17) is 5.11 Å². The van der Waals surface area contributed by atoms with Gasteiger partial charge in [0.05, 0.1) is 23.9 Å². The molecule has 0 aliphatic heterocycles. The van der Waals surface area contributed by atoms with Crippen LogP contribution < -0.4 is 5.32 Å². The Morgan fingerprint density at radius 1 is 1.56 bits per heavy atom. The van der Waals surface area contributed by atoms with Crippen molar-refractivity contribution in [2.24, 2.45) is 0 Å². The molecule has 5 nitrogen and oxygen atoms in total. The van der Waals surface area contributed by atoms with Crippen LogP contribution in [0.1, 0.15) is 15.6 Å². The van der Waals surface area contributed by atoms with Gasteiger partial charge in [0.1, 0.15) is 0 Å². The van der Waals surface area contributed by atoms with Gasteiger partial charge < -0.3 is 15.3 Å². The molecule has 0 fully saturated rings. The maximum absolute atomic E-state index is 11.5. The number of carbonyl (C=O) groups is 1. The first-order chi connectivity index (χ1) is 7.54. The highest BCUT2D eigenvalue weighted by Crippen LogP contribution is 2.16. The molecule has 0 aliphatic rings. The second-order valence-electron chi connectivity index (χ2n) is 3.55. The van der Waals surface area contributed by atoms with E-state index < -0.39 is 0 Å². The number of urea groups is 1. The molecule has 90 valence electrons. The molecule has 1 aromatic heterocycles. The zero-order valence-electron chi connectivity index (χ0n) is 9.78. The normalized spacial score (nSPS) is 10.2. The first-order valence-electron chi connectivity index (χ1n) is 5.07. The molecule has 0 atom stereocenters. The number of aryl methyl sites for hydroxylation is 2. The Bertz CT molecular complexity index is 365. The summed E-state index contributed by atoms with van der Waals surface area (Å²) in [4.78, 5) is 18.3. The lowest BCUT2D eigenvalue weighted by atomic mass is 10.4. The van der Waals surface area contributed by atoms with Gasteiger partial charge >= 0.3 is 6.03 Å². The SMILES string of the molecule is Cc1nc(C)c(CNC(=O)N(C)CCO)s1. The number of amides is 2. The lowest BCUT2D eigenvalue weighted by Crippen LogP contribution is -2.38. The highest BCUT2D eigenvalue weighted by atomic mass is 32.1. The monoisotopic (exact) mass is 243 g/mol. The first-order valence-corrected chi connectivity index (χ1v) is 5.89. The standard InChI is InChI=1S/C10H17N3O2S/c1-7-9(16-8(2)12-7)6-11-10(15)13(3)4-5-14/h14H,4-6H2,1-3H3,(H,11,15). The van der Waals surface area contributed by atoms with E-state index in [0.29, 0.717) is 13.1 Å². The number of thiazole rings is 1. The smallest absolute Gasteiger partial charge is 0.317 e. The van der Waals surface area contributed by atoms with Crippen molar-refractivity contribution < 1.29 is 9.90 Å². The summed E-state index contributed by atoms with van der Waals surface area (Å²) in [6.07, 6.45) is 0. The number of aliphatic hydroxyl groups is 1. The number of likely N-dealkylation sites (N-methyl/N-ethyl adjacent to an activating group) is 1. The summed E-state index contributed by atoms with van der Waals surface area (Å²) in [5.74, 6) is 0. The molecule has 1 rings (SSSR count). The fraction of sp³-hybridized carbons (Fsp3) is 0.600. The van der Waals surface area contributed by atoms with Crippen molar-refractivity contribution in [1.82, 2.24) is 15.2 Å². The molecule has 0 aromatic carbocycles. The number of carbonyl (C=O) groups excluding carboxylic acids is 1. The van der Waals surface area contributed by atoms with Gasteiger partial charge in [0.25, 0.3) is 0 Å². The number of aliphatic hydroxyl groups excluding tert-OH is 1. The van der Waals surface area contributed by atoms with Gasteiger partial charge in [0.15, 0.2) is 0 Å². The van der Waals surface area contributed by atoms with Crippen molar-refractivity contribution in [3.8, 4) is 0 Å². The first kappa shape index (κ1) is 12.9. The van der Waals surface area contributed by atoms with E-state index in [1.807, 2.05) is 13.8 Å². The summed E-state index contributed by atoms with van der Waals surface area (Å²) in [7, 11) is 1.65. The van der Waals surface area contributed by atoms with E-state index in [2.05, 4.69) is 10.3 Å². The van der Waals surface area contributed by atoms with Gasteiger partial charge in [-0.05, 0) is 13.8 Å². The molecule has 0 saturated heterocycles. The molecule has 2 N–H and O–H groups in total. The molecule has 2 amide bonds. The third kappa shape index (κ3) is 3.46. The van der Waals surface area contributed by atoms with Crippen molar-refractivity contribution in [2.75, 3.05) is 20.2 Å². The lowest BCUT2D eigenvalue weighted by Gasteiger charge is -2.16. The molecule has 1 heterocycles. The molecule has 16 heavy (non-hydrogen) atoms. The molecule has 0 aliphatic carbocycles. The van der Waals surface area contributed by atoms with Crippen molar-refractivity contribution in [3.63, 3.8) is 0 Å². The predicted octanol–water partition coefficient (Wildman–Crippen LogP) is 0.894. The summed E-state index contributed by atoms with van der Waals surface area (Å²) >= 11 is 1.59. The summed E-state index contributed by atoms with van der Waals surface area (Å²) in [5, 5.41) is 12.5. The van der Waals surface area contributed by atoms with E-state index in [1.54, 1.807) is 18.4 Å². The Morgan fingerprint density at radius 3 is 2.75 bits per heavy atom. The Morgan fingerprint density at radius 2 is 2.25 bits per heavy atom. The third-order valence-corrected chi connectivity index (χ3v) is 3.25. The molecule has 0 spiro atoms. The molecule has 1 aromatic rings. The average Bonchev–Trinajstić information content (AvgIpc) is 2.54. The minimum Gasteiger partial charge on any atom is -0.395 e. The van der Waals surface area contributed by atoms with Gasteiger partial charge in [-0.3, -0.25) is 0 Å². The van der Waals surface area contributed by atoms with Crippen LogP contribution in [0.2, 0.25) is 0 Å². The van der Waals surface area contributed by atoms with E-state index in [1.165, 1.54) is 4.90 Å². The Hall–Kier alpha value is -1.14. The molecule has 0 radical (unpaired) electrons. The quantitative estimate of drug-likeness (QED) is 0.825. The summed E-state index contributed by atoms with van der Waals surface area (Å²) < 4.78 is 0. The predicted molar refractivity (Wildman–Crippen MR) is 63.5 cm³/mol. The van der Waals surface area contributed by atoms with Gasteiger partial charge in [0.2, 0.25) is 0 Å². The number of aromatic nitrogens is 1.